The van der Waals surface area contributed by atoms with E-state index >= 15 is 0 Å². The molecule has 0 saturated carbocycles. The predicted molar refractivity (Wildman–Crippen MR) is 78.8 cm³/mol. The number of hydrogen-bond donors (Lipinski definition) is 3. The number of anilines is 1. The molecule has 1 unspecified atom stereocenters. The molecule has 0 radical (unpaired) electrons. The van der Waals surface area contributed by atoms with E-state index in [4.69, 9.17) is 5.73 Å². The summed E-state index contributed by atoms with van der Waals surface area (Å²) in [4.78, 5) is 4.17. The zero-order valence-corrected chi connectivity index (χ0v) is 10.8. The first-order valence-electron chi connectivity index (χ1n) is 6.57. The van der Waals surface area contributed by atoms with Crippen molar-refractivity contribution in [2.45, 2.75) is 18.9 Å². The summed E-state index contributed by atoms with van der Waals surface area (Å²) >= 11 is 0. The molecule has 0 spiro atoms. The number of nitrogen functional groups attached to an aromatic ring is 1. The zero-order valence-electron chi connectivity index (χ0n) is 10.8. The quantitative estimate of drug-likeness (QED) is 0.702. The monoisotopic (exact) mass is 254 g/mol. The summed E-state index contributed by atoms with van der Waals surface area (Å²) in [7, 11) is 0. The van der Waals surface area contributed by atoms with Gasteiger partial charge in [0.25, 0.3) is 0 Å². The number of aliphatic imine (C=N–C) groups is 1. The van der Waals surface area contributed by atoms with Gasteiger partial charge in [-0.05, 0) is 30.2 Å². The summed E-state index contributed by atoms with van der Waals surface area (Å²) in [6.07, 6.45) is 7.63. The van der Waals surface area contributed by atoms with Crippen molar-refractivity contribution < 1.29 is 0 Å². The lowest BCUT2D eigenvalue weighted by Gasteiger charge is -2.29. The number of nitrogens with zero attached hydrogens (tertiary/aromatic N) is 1. The van der Waals surface area contributed by atoms with E-state index in [9.17, 15) is 0 Å². The summed E-state index contributed by atoms with van der Waals surface area (Å²) in [6.45, 7) is 0.924. The molecule has 0 aromatic heterocycles. The minimum Gasteiger partial charge on any atom is -0.399 e. The first-order valence-corrected chi connectivity index (χ1v) is 6.57. The number of nitrogens with one attached hydrogen (secondary N) is 2. The molecule has 0 saturated heterocycles. The summed E-state index contributed by atoms with van der Waals surface area (Å²) in [6, 6.07) is 8.50. The third-order valence-corrected chi connectivity index (χ3v) is 3.43. The minimum atomic E-state index is 0.405. The van der Waals surface area contributed by atoms with Gasteiger partial charge in [-0.2, -0.15) is 0 Å². The van der Waals surface area contributed by atoms with Crippen LogP contribution >= 0.6 is 0 Å². The third-order valence-electron chi connectivity index (χ3n) is 3.43. The molecular formula is C15H18N4. The molecular weight excluding hydrogens is 236 g/mol. The van der Waals surface area contributed by atoms with Gasteiger partial charge in [0.15, 0.2) is 0 Å². The Morgan fingerprint density at radius 3 is 2.95 bits per heavy atom. The molecule has 1 aromatic rings. The molecule has 0 fully saturated rings. The van der Waals surface area contributed by atoms with Crippen LogP contribution in [-0.4, -0.2) is 18.8 Å². The molecule has 4 N–H and O–H groups in total. The Labute approximate surface area is 113 Å². The van der Waals surface area contributed by atoms with Crippen LogP contribution in [0.15, 0.2) is 52.9 Å². The molecule has 0 bridgehead atoms. The molecule has 3 rings (SSSR count). The molecule has 98 valence electrons. The molecule has 1 aromatic carbocycles. The Kier molecular flexibility index (Phi) is 3.23. The molecule has 1 atom stereocenters. The second-order valence-electron chi connectivity index (χ2n) is 4.91. The molecule has 2 aliphatic heterocycles. The van der Waals surface area contributed by atoms with Crippen LogP contribution in [-0.2, 0) is 6.42 Å². The molecule has 2 aliphatic rings. The molecule has 0 aliphatic carbocycles. The number of hydrogen-bond acceptors (Lipinski definition) is 4. The van der Waals surface area contributed by atoms with Gasteiger partial charge >= 0.3 is 0 Å². The third kappa shape index (κ3) is 2.78. The van der Waals surface area contributed by atoms with Crippen LogP contribution in [0.25, 0.3) is 0 Å². The standard InChI is InChI=1S/C15H18N4/c16-12-3-1-11(2-4-12)9-13-10-18-14-5-7-17-8-6-15(14)19-13/h1-5,7-8,13,18-19H,6,9-10,16H2. The maximum atomic E-state index is 5.71. The van der Waals surface area contributed by atoms with Crippen molar-refractivity contribution in [3.63, 3.8) is 0 Å². The Morgan fingerprint density at radius 2 is 2.11 bits per heavy atom. The molecule has 2 heterocycles. The lowest BCUT2D eigenvalue weighted by Crippen LogP contribution is -2.45. The maximum absolute atomic E-state index is 5.71. The van der Waals surface area contributed by atoms with Crippen molar-refractivity contribution in [2.24, 2.45) is 4.99 Å². The predicted octanol–water partition coefficient (Wildman–Crippen LogP) is 1.57. The second-order valence-corrected chi connectivity index (χ2v) is 4.91. The average molecular weight is 254 g/mol. The number of allylic oxidation sites excluding steroid dienone is 2. The summed E-state index contributed by atoms with van der Waals surface area (Å²) in [5.74, 6) is 0. The highest BCUT2D eigenvalue weighted by Gasteiger charge is 2.18. The number of benzene rings is 1. The van der Waals surface area contributed by atoms with Crippen LogP contribution in [0, 0.1) is 0 Å². The van der Waals surface area contributed by atoms with Crippen molar-refractivity contribution >= 4 is 11.9 Å². The normalized spacial score (nSPS) is 21.4. The molecule has 4 nitrogen and oxygen atoms in total. The van der Waals surface area contributed by atoms with E-state index in [1.54, 1.807) is 0 Å². The highest BCUT2D eigenvalue weighted by Crippen LogP contribution is 2.15. The van der Waals surface area contributed by atoms with Crippen LogP contribution in [0.5, 0.6) is 0 Å². The topological polar surface area (TPSA) is 62.4 Å². The van der Waals surface area contributed by atoms with Gasteiger partial charge < -0.3 is 16.4 Å². The highest BCUT2D eigenvalue weighted by atomic mass is 15.1. The van der Waals surface area contributed by atoms with E-state index < -0.39 is 0 Å². The van der Waals surface area contributed by atoms with E-state index in [1.807, 2.05) is 30.6 Å². The van der Waals surface area contributed by atoms with Gasteiger partial charge in [-0.25, -0.2) is 0 Å². The van der Waals surface area contributed by atoms with E-state index in [0.29, 0.717) is 6.04 Å². The Bertz CT molecular complexity index is 540. The van der Waals surface area contributed by atoms with Gasteiger partial charge in [0.2, 0.25) is 0 Å². The number of nitrogens with two attached hydrogens (primary N) is 1. The minimum absolute atomic E-state index is 0.405. The van der Waals surface area contributed by atoms with Crippen LogP contribution in [0.3, 0.4) is 0 Å². The number of rotatable bonds is 2. The van der Waals surface area contributed by atoms with Crippen LogP contribution < -0.4 is 16.4 Å². The first-order chi connectivity index (χ1) is 9.31. The molecule has 4 heteroatoms. The summed E-state index contributed by atoms with van der Waals surface area (Å²) in [5.41, 5.74) is 10.2. The lowest BCUT2D eigenvalue weighted by atomic mass is 10.0. The highest BCUT2D eigenvalue weighted by molar-refractivity contribution is 5.64. The fourth-order valence-electron chi connectivity index (χ4n) is 2.43. The van der Waals surface area contributed by atoms with Gasteiger partial charge in [0.1, 0.15) is 0 Å². The lowest BCUT2D eigenvalue weighted by molar-refractivity contribution is 0.497. The SMILES string of the molecule is Nc1ccc(CC2CNC3=C(CC=NC=C3)N2)cc1. The van der Waals surface area contributed by atoms with Crippen molar-refractivity contribution in [3.8, 4) is 0 Å². The first kappa shape index (κ1) is 11.8. The van der Waals surface area contributed by atoms with Crippen LogP contribution in [0.4, 0.5) is 5.69 Å². The average Bonchev–Trinajstić information content (AvgIpc) is 2.66. The van der Waals surface area contributed by atoms with Gasteiger partial charge in [-0.1, -0.05) is 12.1 Å². The largest absolute Gasteiger partial charge is 0.399 e. The van der Waals surface area contributed by atoms with Crippen LogP contribution in [0.1, 0.15) is 12.0 Å². The van der Waals surface area contributed by atoms with Gasteiger partial charge in [0.05, 0.1) is 5.70 Å². The molecule has 19 heavy (non-hydrogen) atoms. The summed E-state index contributed by atoms with van der Waals surface area (Å²) < 4.78 is 0. The zero-order chi connectivity index (χ0) is 13.1. The van der Waals surface area contributed by atoms with Gasteiger partial charge in [-0.3, -0.25) is 4.99 Å². The fourth-order valence-corrected chi connectivity index (χ4v) is 2.43. The van der Waals surface area contributed by atoms with E-state index in [-0.39, 0.29) is 0 Å². The van der Waals surface area contributed by atoms with Crippen molar-refractivity contribution in [2.75, 3.05) is 12.3 Å². The Balaban J connectivity index is 1.68. The second kappa shape index (κ2) is 5.18. The van der Waals surface area contributed by atoms with E-state index in [2.05, 4.69) is 27.8 Å². The fraction of sp³-hybridized carbons (Fsp3) is 0.267. The summed E-state index contributed by atoms with van der Waals surface area (Å²) in [5, 5.41) is 7.07. The van der Waals surface area contributed by atoms with Gasteiger partial charge in [0, 0.05) is 42.8 Å². The van der Waals surface area contributed by atoms with E-state index in [0.717, 1.165) is 30.8 Å². The Hall–Kier alpha value is -2.23. The van der Waals surface area contributed by atoms with Crippen LogP contribution in [0.2, 0.25) is 0 Å². The molecule has 0 amide bonds. The maximum Gasteiger partial charge on any atom is 0.0553 e. The van der Waals surface area contributed by atoms with Crippen molar-refractivity contribution in [1.29, 1.82) is 0 Å². The smallest absolute Gasteiger partial charge is 0.0553 e. The van der Waals surface area contributed by atoms with Gasteiger partial charge in [-0.15, -0.1) is 0 Å². The Morgan fingerprint density at radius 1 is 1.26 bits per heavy atom. The van der Waals surface area contributed by atoms with E-state index in [1.165, 1.54) is 11.3 Å². The van der Waals surface area contributed by atoms with Crippen molar-refractivity contribution in [1.82, 2.24) is 10.6 Å². The van der Waals surface area contributed by atoms with Crippen molar-refractivity contribution in [3.05, 3.63) is 53.5 Å².